The Morgan fingerprint density at radius 3 is 1.24 bits per heavy atom. The molecule has 0 aliphatic rings. The van der Waals surface area contributed by atoms with Crippen molar-refractivity contribution in [1.29, 1.82) is 0 Å². The van der Waals surface area contributed by atoms with Gasteiger partial charge in [-0.2, -0.15) is 0 Å². The molecule has 27 heteroatoms. The van der Waals surface area contributed by atoms with Crippen LogP contribution in [0.1, 0.15) is 20.7 Å². The maximum Gasteiger partial charge on any atom is 0.344 e. The Labute approximate surface area is 534 Å². The number of rotatable bonds is 15. The van der Waals surface area contributed by atoms with Gasteiger partial charge in [0.1, 0.15) is 0 Å². The van der Waals surface area contributed by atoms with E-state index in [0.29, 0.717) is 105 Å². The first kappa shape index (κ1) is 69.3. The van der Waals surface area contributed by atoms with Crippen molar-refractivity contribution in [3.05, 3.63) is 150 Å². The van der Waals surface area contributed by atoms with Crippen LogP contribution in [0.15, 0.2) is 137 Å². The third-order valence-electron chi connectivity index (χ3n) is 13.0. The monoisotopic (exact) mass is 1390 g/mol. The Morgan fingerprint density at radius 2 is 0.736 bits per heavy atom. The van der Waals surface area contributed by atoms with E-state index in [-0.39, 0.29) is 33.6 Å². The molecule has 91 heavy (non-hydrogen) atoms. The molecule has 8 aromatic carbocycles. The number of carboxylic acid groups (broad SMARTS) is 1. The SMILES string of the molecule is COc1cc(Br)c(C(=O)O)cc1OC.COc1cc(Br)c(C(=O)Oc2cccc(OC)c2OC)cc1OC.COc1cc2c(=O)oc3c(OC)c(OC)ccc3c2cc1OC.COc1cccc(O)c1OC.O=c1oc2c(O)c(O)ccc2c2cc(O)c(O)cc12. The van der Waals surface area contributed by atoms with Gasteiger partial charge in [0, 0.05) is 30.5 Å². The van der Waals surface area contributed by atoms with Crippen molar-refractivity contribution in [3.63, 3.8) is 0 Å². The second kappa shape index (κ2) is 31.4. The zero-order valence-corrected chi connectivity index (χ0v) is 53.8. The predicted octanol–water partition coefficient (Wildman–Crippen LogP) is 12.0. The van der Waals surface area contributed by atoms with E-state index >= 15 is 0 Å². The maximum absolute atomic E-state index is 12.5. The van der Waals surface area contributed by atoms with Gasteiger partial charge in [-0.15, -0.1) is 0 Å². The summed E-state index contributed by atoms with van der Waals surface area (Å²) >= 11 is 6.47. The molecule has 10 aromatic rings. The van der Waals surface area contributed by atoms with Gasteiger partial charge in [0.15, 0.2) is 91.7 Å². The summed E-state index contributed by atoms with van der Waals surface area (Å²) < 4.78 is 78.6. The Bertz CT molecular complexity index is 4410. The largest absolute Gasteiger partial charge is 0.504 e. The van der Waals surface area contributed by atoms with Crippen LogP contribution < -0.4 is 72.8 Å². The van der Waals surface area contributed by atoms with Crippen molar-refractivity contribution in [1.82, 2.24) is 0 Å². The van der Waals surface area contributed by atoms with Gasteiger partial charge in [-0.1, -0.05) is 12.1 Å². The van der Waals surface area contributed by atoms with Crippen molar-refractivity contribution in [2.75, 3.05) is 85.3 Å². The molecular weight excluding hydrogens is 1330 g/mol. The number of methoxy groups -OCH3 is 12. The number of phenolic OH excluding ortho intramolecular Hbond substituents is 5. The van der Waals surface area contributed by atoms with Gasteiger partial charge in [0.25, 0.3) is 0 Å². The average molecular weight is 1390 g/mol. The van der Waals surface area contributed by atoms with Crippen LogP contribution >= 0.6 is 31.9 Å². The highest BCUT2D eigenvalue weighted by atomic mass is 79.9. The van der Waals surface area contributed by atoms with Gasteiger partial charge in [-0.25, -0.2) is 19.2 Å². The van der Waals surface area contributed by atoms with Gasteiger partial charge < -0.3 is 101 Å². The standard InChI is InChI=1S/C17H17BrO6.C17H16O6.C13H8O6.C9H9BrO4.C8H10O3/c1-20-12-6-5-7-13(16(12)23-4)24-17(19)10-8-14(21-2)15(22-3)9-11(10)18;1-19-12-6-5-9-10-7-13(20-2)14(21-3)8-11(10)17(18)23-15(9)16(12)22-4;14-8-2-1-5-6-3-9(15)10(16)4-7(6)13(18)19-12(5)11(8)17;1-13-7-3-5(9(11)12)6(10)4-8(7)14-2;1-10-7-5-3-4-6(9)8(7)11-2/h5-9H,1-4H3;5-8H,1-4H3;1-4,14-17H;3-4H,1-2H3,(H,11,12);3-5,9H,1-2H3. The van der Waals surface area contributed by atoms with E-state index in [1.54, 1.807) is 73.8 Å². The van der Waals surface area contributed by atoms with E-state index in [1.165, 1.54) is 109 Å². The van der Waals surface area contributed by atoms with Crippen LogP contribution in [0.5, 0.6) is 103 Å². The van der Waals surface area contributed by atoms with E-state index in [2.05, 4.69) is 31.9 Å². The molecular formula is C64H60Br2O25. The number of aromatic carboxylic acids is 1. The summed E-state index contributed by atoms with van der Waals surface area (Å²) in [6.45, 7) is 0. The second-order valence-electron chi connectivity index (χ2n) is 18.0. The minimum absolute atomic E-state index is 0.0629. The van der Waals surface area contributed by atoms with Crippen LogP contribution in [0.2, 0.25) is 0 Å². The van der Waals surface area contributed by atoms with E-state index in [9.17, 15) is 44.7 Å². The Kier molecular flexibility index (Phi) is 23.9. The highest BCUT2D eigenvalue weighted by Gasteiger charge is 2.23. The fourth-order valence-corrected chi connectivity index (χ4v) is 9.59. The van der Waals surface area contributed by atoms with E-state index in [1.807, 2.05) is 6.07 Å². The van der Waals surface area contributed by atoms with Crippen LogP contribution in [0.25, 0.3) is 43.5 Å². The van der Waals surface area contributed by atoms with Gasteiger partial charge >= 0.3 is 23.2 Å². The van der Waals surface area contributed by atoms with Crippen molar-refractivity contribution in [2.24, 2.45) is 0 Å². The molecule has 0 unspecified atom stereocenters. The first-order valence-corrected chi connectivity index (χ1v) is 27.6. The number of carboxylic acids is 1. The van der Waals surface area contributed by atoms with Crippen LogP contribution in [0.4, 0.5) is 0 Å². The molecule has 0 spiro atoms. The summed E-state index contributed by atoms with van der Waals surface area (Å²) in [4.78, 5) is 47.4. The van der Waals surface area contributed by atoms with Crippen LogP contribution in [0, 0.1) is 0 Å². The van der Waals surface area contributed by atoms with E-state index in [0.717, 1.165) is 11.5 Å². The number of fused-ring (bicyclic) bond motifs is 6. The Balaban J connectivity index is 0.000000185. The van der Waals surface area contributed by atoms with Gasteiger partial charge in [0.05, 0.1) is 107 Å². The van der Waals surface area contributed by atoms with Gasteiger partial charge in [0.2, 0.25) is 23.0 Å². The van der Waals surface area contributed by atoms with Crippen molar-refractivity contribution in [3.8, 4) is 103 Å². The Hall–Kier alpha value is -10.8. The number of ether oxygens (including phenoxy) is 13. The zero-order chi connectivity index (χ0) is 67.0. The summed E-state index contributed by atoms with van der Waals surface area (Å²) in [5.41, 5.74) is -0.696. The third kappa shape index (κ3) is 15.4. The average Bonchev–Trinajstić information content (AvgIpc) is 0.801. The number of hydrogen-bond acceptors (Lipinski definition) is 24. The minimum atomic E-state index is -1.02. The molecule has 480 valence electrons. The maximum atomic E-state index is 12.5. The minimum Gasteiger partial charge on any atom is -0.504 e. The molecule has 0 aliphatic heterocycles. The molecule has 0 saturated heterocycles. The molecule has 25 nitrogen and oxygen atoms in total. The van der Waals surface area contributed by atoms with Crippen LogP contribution in [0.3, 0.4) is 0 Å². The summed E-state index contributed by atoms with van der Waals surface area (Å²) in [7, 11) is 18.0. The zero-order valence-electron chi connectivity index (χ0n) is 50.6. The van der Waals surface area contributed by atoms with Crippen LogP contribution in [-0.4, -0.2) is 128 Å². The predicted molar refractivity (Wildman–Crippen MR) is 340 cm³/mol. The Morgan fingerprint density at radius 1 is 0.352 bits per heavy atom. The quantitative estimate of drug-likeness (QED) is 0.0183. The van der Waals surface area contributed by atoms with Crippen molar-refractivity contribution in [2.45, 2.75) is 0 Å². The summed E-state index contributed by atoms with van der Waals surface area (Å²) in [6.07, 6.45) is 0. The molecule has 6 N–H and O–H groups in total. The molecule has 0 aliphatic carbocycles. The van der Waals surface area contributed by atoms with Crippen molar-refractivity contribution < 1.29 is 111 Å². The lowest BCUT2D eigenvalue weighted by atomic mass is 10.1. The molecule has 0 amide bonds. The highest BCUT2D eigenvalue weighted by molar-refractivity contribution is 9.10. The van der Waals surface area contributed by atoms with E-state index < -0.39 is 46.2 Å². The van der Waals surface area contributed by atoms with E-state index in [4.69, 9.17) is 75.5 Å². The number of halogens is 2. The lowest BCUT2D eigenvalue weighted by Gasteiger charge is -2.14. The lowest BCUT2D eigenvalue weighted by Crippen LogP contribution is -2.11. The summed E-state index contributed by atoms with van der Waals surface area (Å²) in [5.74, 6) is 2.32. The topological polar surface area (TPSA) is 336 Å². The molecule has 0 atom stereocenters. The number of benzene rings is 8. The summed E-state index contributed by atoms with van der Waals surface area (Å²) in [6, 6.07) is 28.0. The molecule has 0 saturated carbocycles. The normalized spacial score (nSPS) is 10.3. The number of phenols is 5. The number of carbonyl (C=O) groups excluding carboxylic acids is 1. The molecule has 0 radical (unpaired) electrons. The highest BCUT2D eigenvalue weighted by Crippen LogP contribution is 2.43. The number of aromatic hydroxyl groups is 5. The smallest absolute Gasteiger partial charge is 0.344 e. The number of para-hydroxylation sites is 2. The third-order valence-corrected chi connectivity index (χ3v) is 14.3. The molecule has 2 aromatic heterocycles. The van der Waals surface area contributed by atoms with Gasteiger partial charge in [-0.3, -0.25) is 0 Å². The summed E-state index contributed by atoms with van der Waals surface area (Å²) in [5, 5.41) is 58.5. The molecule has 0 fully saturated rings. The first-order valence-electron chi connectivity index (χ1n) is 26.0. The number of carbonyl (C=O) groups is 2. The fraction of sp³-hybridized carbons (Fsp3) is 0.188. The molecule has 0 bridgehead atoms. The van der Waals surface area contributed by atoms with Gasteiger partial charge in [-0.05, 0) is 129 Å². The van der Waals surface area contributed by atoms with Crippen LogP contribution in [-0.2, 0) is 0 Å². The first-order chi connectivity index (χ1) is 43.6. The number of hydrogen-bond donors (Lipinski definition) is 6. The molecule has 10 rings (SSSR count). The molecule has 2 heterocycles. The number of esters is 1. The second-order valence-corrected chi connectivity index (χ2v) is 19.7. The fourth-order valence-electron chi connectivity index (χ4n) is 8.61. The van der Waals surface area contributed by atoms with Crippen molar-refractivity contribution >= 4 is 87.3 Å². The lowest BCUT2D eigenvalue weighted by molar-refractivity contribution is 0.0692.